The summed E-state index contributed by atoms with van der Waals surface area (Å²) in [7, 11) is 0. The van der Waals surface area contributed by atoms with Crippen LogP contribution < -0.4 is 10.1 Å². The summed E-state index contributed by atoms with van der Waals surface area (Å²) >= 11 is 0. The molecule has 4 rings (SSSR count). The zero-order valence-electron chi connectivity index (χ0n) is 16.5. The first-order valence-corrected chi connectivity index (χ1v) is 10.3. The van der Waals surface area contributed by atoms with Crippen LogP contribution >= 0.6 is 0 Å². The Hall–Kier alpha value is -2.60. The quantitative estimate of drug-likeness (QED) is 0.813. The molecule has 0 saturated heterocycles. The molecule has 2 aromatic rings. The molecule has 0 atom stereocenters. The van der Waals surface area contributed by atoms with Gasteiger partial charge in [0.1, 0.15) is 18.2 Å². The SMILES string of the molecule is O=C(NC1CCCC1)N1CCOc2ccc(COCc3ccccc3F)cc2C1. The Morgan fingerprint density at radius 2 is 2.00 bits per heavy atom. The highest BCUT2D eigenvalue weighted by Crippen LogP contribution is 2.25. The molecular weight excluding hydrogens is 371 g/mol. The van der Waals surface area contributed by atoms with Crippen LogP contribution in [0.3, 0.4) is 0 Å². The van der Waals surface area contributed by atoms with Gasteiger partial charge in [0.2, 0.25) is 0 Å². The van der Waals surface area contributed by atoms with Crippen LogP contribution in [0.25, 0.3) is 0 Å². The van der Waals surface area contributed by atoms with E-state index in [1.165, 1.54) is 18.9 Å². The first kappa shape index (κ1) is 19.7. The van der Waals surface area contributed by atoms with E-state index in [2.05, 4.69) is 5.32 Å². The fourth-order valence-corrected chi connectivity index (χ4v) is 3.94. The lowest BCUT2D eigenvalue weighted by Crippen LogP contribution is -2.44. The Bertz CT molecular complexity index is 852. The number of carbonyl (C=O) groups is 1. The van der Waals surface area contributed by atoms with Crippen LogP contribution in [0, 0.1) is 5.82 Å². The van der Waals surface area contributed by atoms with Crippen molar-refractivity contribution in [3.63, 3.8) is 0 Å². The molecule has 0 spiro atoms. The first-order valence-electron chi connectivity index (χ1n) is 10.3. The third kappa shape index (κ3) is 5.07. The van der Waals surface area contributed by atoms with Gasteiger partial charge in [-0.15, -0.1) is 0 Å². The number of fused-ring (bicyclic) bond motifs is 1. The van der Waals surface area contributed by atoms with Gasteiger partial charge in [0.25, 0.3) is 0 Å². The molecule has 0 bridgehead atoms. The zero-order valence-corrected chi connectivity index (χ0v) is 16.5. The summed E-state index contributed by atoms with van der Waals surface area (Å²) in [6, 6.07) is 12.8. The van der Waals surface area contributed by atoms with Crippen molar-refractivity contribution in [1.29, 1.82) is 0 Å². The van der Waals surface area contributed by atoms with Crippen molar-refractivity contribution in [3.05, 3.63) is 65.0 Å². The van der Waals surface area contributed by atoms with Gasteiger partial charge < -0.3 is 19.7 Å². The molecule has 0 unspecified atom stereocenters. The highest BCUT2D eigenvalue weighted by molar-refractivity contribution is 5.74. The van der Waals surface area contributed by atoms with E-state index in [9.17, 15) is 9.18 Å². The van der Waals surface area contributed by atoms with Gasteiger partial charge in [-0.05, 0) is 36.6 Å². The minimum Gasteiger partial charge on any atom is -0.491 e. The number of rotatable bonds is 5. The van der Waals surface area contributed by atoms with Gasteiger partial charge in [-0.25, -0.2) is 9.18 Å². The van der Waals surface area contributed by atoms with Crippen molar-refractivity contribution >= 4 is 6.03 Å². The molecule has 1 saturated carbocycles. The number of nitrogens with one attached hydrogen (secondary N) is 1. The third-order valence-corrected chi connectivity index (χ3v) is 5.56. The van der Waals surface area contributed by atoms with Gasteiger partial charge in [0.05, 0.1) is 26.3 Å². The lowest BCUT2D eigenvalue weighted by atomic mass is 10.1. The number of benzene rings is 2. The number of nitrogens with zero attached hydrogens (tertiary/aromatic N) is 1. The molecule has 154 valence electrons. The topological polar surface area (TPSA) is 50.8 Å². The van der Waals surface area contributed by atoms with E-state index in [1.54, 1.807) is 18.2 Å². The van der Waals surface area contributed by atoms with Crippen molar-refractivity contribution in [2.24, 2.45) is 0 Å². The lowest BCUT2D eigenvalue weighted by molar-refractivity contribution is 0.105. The molecule has 2 aromatic carbocycles. The maximum Gasteiger partial charge on any atom is 0.318 e. The summed E-state index contributed by atoms with van der Waals surface area (Å²) in [4.78, 5) is 14.5. The van der Waals surface area contributed by atoms with Gasteiger partial charge in [-0.2, -0.15) is 0 Å². The number of halogens is 1. The first-order chi connectivity index (χ1) is 14.2. The molecule has 0 aromatic heterocycles. The lowest BCUT2D eigenvalue weighted by Gasteiger charge is -2.23. The monoisotopic (exact) mass is 398 g/mol. The summed E-state index contributed by atoms with van der Waals surface area (Å²) < 4.78 is 25.2. The average molecular weight is 398 g/mol. The summed E-state index contributed by atoms with van der Waals surface area (Å²) in [6.45, 7) is 2.14. The van der Waals surface area contributed by atoms with Crippen LogP contribution in [0.15, 0.2) is 42.5 Å². The summed E-state index contributed by atoms with van der Waals surface area (Å²) in [6.07, 6.45) is 4.51. The van der Waals surface area contributed by atoms with Crippen LogP contribution in [-0.2, 0) is 24.5 Å². The number of hydrogen-bond acceptors (Lipinski definition) is 3. The predicted molar refractivity (Wildman–Crippen MR) is 108 cm³/mol. The molecule has 6 heteroatoms. The van der Waals surface area contributed by atoms with E-state index in [0.717, 1.165) is 29.7 Å². The Morgan fingerprint density at radius 1 is 1.17 bits per heavy atom. The van der Waals surface area contributed by atoms with Crippen molar-refractivity contribution in [2.45, 2.75) is 51.5 Å². The predicted octanol–water partition coefficient (Wildman–Crippen LogP) is 4.39. The van der Waals surface area contributed by atoms with Crippen LogP contribution in [0.5, 0.6) is 5.75 Å². The zero-order chi connectivity index (χ0) is 20.1. The van der Waals surface area contributed by atoms with Crippen LogP contribution in [0.1, 0.15) is 42.4 Å². The molecule has 1 fully saturated rings. The van der Waals surface area contributed by atoms with Gasteiger partial charge in [0, 0.05) is 17.2 Å². The average Bonchev–Trinajstić information content (AvgIpc) is 3.13. The second kappa shape index (κ2) is 9.27. The molecule has 1 aliphatic carbocycles. The number of carbonyl (C=O) groups excluding carboxylic acids is 1. The van der Waals surface area contributed by atoms with Crippen molar-refractivity contribution in [3.8, 4) is 5.75 Å². The highest BCUT2D eigenvalue weighted by atomic mass is 19.1. The molecule has 2 aliphatic rings. The molecule has 29 heavy (non-hydrogen) atoms. The summed E-state index contributed by atoms with van der Waals surface area (Å²) in [5.41, 5.74) is 2.48. The second-order valence-corrected chi connectivity index (χ2v) is 7.73. The molecule has 0 radical (unpaired) electrons. The molecule has 1 heterocycles. The van der Waals surface area contributed by atoms with Gasteiger partial charge in [-0.3, -0.25) is 0 Å². The normalized spacial score (nSPS) is 16.8. The van der Waals surface area contributed by atoms with Crippen LogP contribution in [-0.4, -0.2) is 30.1 Å². The number of amides is 2. The van der Waals surface area contributed by atoms with E-state index in [-0.39, 0.29) is 18.5 Å². The summed E-state index contributed by atoms with van der Waals surface area (Å²) in [5.74, 6) is 0.547. The number of urea groups is 1. The highest BCUT2D eigenvalue weighted by Gasteiger charge is 2.23. The summed E-state index contributed by atoms with van der Waals surface area (Å²) in [5, 5.41) is 3.15. The smallest absolute Gasteiger partial charge is 0.318 e. The fraction of sp³-hybridized carbons (Fsp3) is 0.435. The van der Waals surface area contributed by atoms with E-state index in [0.29, 0.717) is 37.9 Å². The Kier molecular flexibility index (Phi) is 6.30. The third-order valence-electron chi connectivity index (χ3n) is 5.56. The molecule has 1 N–H and O–H groups in total. The maximum atomic E-state index is 13.7. The van der Waals surface area contributed by atoms with Crippen molar-refractivity contribution in [2.75, 3.05) is 13.2 Å². The molecule has 1 aliphatic heterocycles. The van der Waals surface area contributed by atoms with Gasteiger partial charge in [0.15, 0.2) is 0 Å². The molecular formula is C23H27FN2O3. The number of hydrogen-bond donors (Lipinski definition) is 1. The maximum absolute atomic E-state index is 13.7. The Balaban J connectivity index is 1.37. The van der Waals surface area contributed by atoms with E-state index in [4.69, 9.17) is 9.47 Å². The minimum atomic E-state index is -0.258. The van der Waals surface area contributed by atoms with E-state index in [1.807, 2.05) is 23.1 Å². The second-order valence-electron chi connectivity index (χ2n) is 7.73. The molecule has 2 amide bonds. The number of ether oxygens (including phenoxy) is 2. The largest absolute Gasteiger partial charge is 0.491 e. The fourth-order valence-electron chi connectivity index (χ4n) is 3.94. The van der Waals surface area contributed by atoms with Gasteiger partial charge in [-0.1, -0.05) is 37.1 Å². The standard InChI is InChI=1S/C23H27FN2O3/c24-21-8-4-1-5-18(21)16-28-15-17-9-10-22-19(13-17)14-26(11-12-29-22)23(27)25-20-6-2-3-7-20/h1,4-5,8-10,13,20H,2-3,6-7,11-12,14-16H2,(H,25,27). The van der Waals surface area contributed by atoms with E-state index >= 15 is 0 Å². The van der Waals surface area contributed by atoms with Crippen LogP contribution in [0.2, 0.25) is 0 Å². The Morgan fingerprint density at radius 3 is 2.83 bits per heavy atom. The minimum absolute atomic E-state index is 0.0189. The van der Waals surface area contributed by atoms with Gasteiger partial charge >= 0.3 is 6.03 Å². The van der Waals surface area contributed by atoms with E-state index < -0.39 is 0 Å². The Labute approximate surface area is 170 Å². The molecule has 5 nitrogen and oxygen atoms in total. The van der Waals surface area contributed by atoms with Crippen LogP contribution in [0.4, 0.5) is 9.18 Å². The van der Waals surface area contributed by atoms with Crippen molar-refractivity contribution in [1.82, 2.24) is 10.2 Å². The van der Waals surface area contributed by atoms with Crippen molar-refractivity contribution < 1.29 is 18.7 Å².